The molecule has 0 amide bonds. The smallest absolute Gasteiger partial charge is 0.192 e. The molecular weight excluding hydrogens is 246 g/mol. The van der Waals surface area contributed by atoms with Gasteiger partial charge in [0.15, 0.2) is 8.24 Å². The van der Waals surface area contributed by atoms with Crippen molar-refractivity contribution < 1.29 is 4.21 Å². The molecule has 0 spiro atoms. The quantitative estimate of drug-likeness (QED) is 0.453. The molecule has 1 unspecified atom stereocenters. The molecule has 2 nitrogen and oxygen atoms in total. The third-order valence-corrected chi connectivity index (χ3v) is 11.6. The first-order chi connectivity index (χ1) is 7.53. The SMILES string of the molecule is C=CC[C@H](C)[C@@H](C)/[SH](=O)=N/[Si](C)(C)C(C)(C)C. The van der Waals surface area contributed by atoms with Crippen molar-refractivity contribution in [1.29, 1.82) is 0 Å². The summed E-state index contributed by atoms with van der Waals surface area (Å²) in [6, 6.07) is 0. The van der Waals surface area contributed by atoms with E-state index in [1.807, 2.05) is 13.0 Å². The molecule has 4 heteroatoms. The van der Waals surface area contributed by atoms with Crippen molar-refractivity contribution >= 4 is 18.8 Å². The molecule has 0 aromatic rings. The van der Waals surface area contributed by atoms with Crippen LogP contribution >= 0.6 is 0 Å². The van der Waals surface area contributed by atoms with Crippen molar-refractivity contribution in [2.24, 2.45) is 9.95 Å². The fourth-order valence-electron chi connectivity index (χ4n) is 1.16. The zero-order valence-electron chi connectivity index (χ0n) is 12.4. The third-order valence-electron chi connectivity index (χ3n) is 3.89. The Hall–Kier alpha value is -0.0931. The summed E-state index contributed by atoms with van der Waals surface area (Å²) in [5.74, 6) is 0.393. The van der Waals surface area contributed by atoms with Gasteiger partial charge in [-0.25, -0.2) is 0 Å². The van der Waals surface area contributed by atoms with Crippen molar-refractivity contribution in [1.82, 2.24) is 0 Å². The highest BCUT2D eigenvalue weighted by Gasteiger charge is 2.36. The maximum absolute atomic E-state index is 12.3. The van der Waals surface area contributed by atoms with Crippen LogP contribution in [0.5, 0.6) is 0 Å². The minimum atomic E-state index is -1.78. The normalized spacial score (nSPS) is 18.8. The van der Waals surface area contributed by atoms with Gasteiger partial charge < -0.3 is 0 Å². The van der Waals surface area contributed by atoms with Gasteiger partial charge >= 0.3 is 0 Å². The van der Waals surface area contributed by atoms with Crippen molar-refractivity contribution in [2.45, 2.75) is 64.4 Å². The Morgan fingerprint density at radius 1 is 1.35 bits per heavy atom. The highest BCUT2D eigenvalue weighted by molar-refractivity contribution is 7.76. The number of rotatable bonds is 5. The summed E-state index contributed by atoms with van der Waals surface area (Å²) in [7, 11) is -3.24. The average molecular weight is 276 g/mol. The predicted molar refractivity (Wildman–Crippen MR) is 82.6 cm³/mol. The van der Waals surface area contributed by atoms with Gasteiger partial charge in [-0.1, -0.05) is 33.8 Å². The van der Waals surface area contributed by atoms with Crippen molar-refractivity contribution in [3.8, 4) is 0 Å². The van der Waals surface area contributed by atoms with Crippen molar-refractivity contribution in [2.75, 3.05) is 0 Å². The predicted octanol–water partition coefficient (Wildman–Crippen LogP) is 4.26. The standard InChI is InChI=1S/C13H29NOSSi/c1-9-10-11(2)12(3)16(15)14-17(7,8)13(4,5)6/h9,11-12,16H,1,10H2,2-8H3/t11-,12+/m0/s1. The minimum absolute atomic E-state index is 0.150. The third kappa shape index (κ3) is 4.96. The number of hydrogen-bond donors (Lipinski definition) is 1. The van der Waals surface area contributed by atoms with Gasteiger partial charge in [-0.3, -0.25) is 8.24 Å². The Bertz CT molecular complexity index is 338. The molecule has 0 saturated heterocycles. The monoisotopic (exact) mass is 275 g/mol. The number of thiol groups is 1. The summed E-state index contributed by atoms with van der Waals surface area (Å²) >= 11 is 0. The van der Waals surface area contributed by atoms with E-state index in [0.29, 0.717) is 5.92 Å². The molecule has 0 saturated carbocycles. The maximum atomic E-state index is 12.3. The molecule has 0 aliphatic rings. The first-order valence-electron chi connectivity index (χ1n) is 6.33. The lowest BCUT2D eigenvalue weighted by atomic mass is 10.1. The molecule has 102 valence electrons. The van der Waals surface area contributed by atoms with Crippen LogP contribution in [0, 0.1) is 5.92 Å². The summed E-state index contributed by atoms with van der Waals surface area (Å²) in [4.78, 5) is 0. The molecule has 0 aliphatic heterocycles. The van der Waals surface area contributed by atoms with Gasteiger partial charge in [-0.05, 0) is 37.4 Å². The van der Waals surface area contributed by atoms with E-state index < -0.39 is 18.8 Å². The number of hydrogen-bond acceptors (Lipinski definition) is 2. The first kappa shape index (κ1) is 16.9. The Morgan fingerprint density at radius 3 is 2.18 bits per heavy atom. The maximum Gasteiger partial charge on any atom is 0.192 e. The summed E-state index contributed by atoms with van der Waals surface area (Å²) in [6.07, 6.45) is 2.81. The molecule has 0 bridgehead atoms. The lowest BCUT2D eigenvalue weighted by molar-refractivity contribution is 0.569. The number of allylic oxidation sites excluding steroid dienone is 1. The zero-order valence-corrected chi connectivity index (χ0v) is 14.3. The van der Waals surface area contributed by atoms with E-state index in [-0.39, 0.29) is 10.3 Å². The Kier molecular flexibility index (Phi) is 6.15. The summed E-state index contributed by atoms with van der Waals surface area (Å²) in [5.41, 5.74) is 0. The summed E-state index contributed by atoms with van der Waals surface area (Å²) in [5, 5.41) is 0.316. The van der Waals surface area contributed by atoms with Crippen LogP contribution in [0.2, 0.25) is 18.1 Å². The van der Waals surface area contributed by atoms with Crippen LogP contribution in [-0.4, -0.2) is 17.7 Å². The van der Waals surface area contributed by atoms with Gasteiger partial charge in [0.2, 0.25) is 0 Å². The average Bonchev–Trinajstić information content (AvgIpc) is 2.14. The van der Waals surface area contributed by atoms with Gasteiger partial charge in [-0.15, -0.1) is 6.58 Å². The lowest BCUT2D eigenvalue weighted by Gasteiger charge is -2.32. The van der Waals surface area contributed by atoms with Gasteiger partial charge in [-0.2, -0.15) is 0 Å². The van der Waals surface area contributed by atoms with Crippen LogP contribution in [0.3, 0.4) is 0 Å². The highest BCUT2D eigenvalue weighted by atomic mass is 32.2. The molecule has 0 N–H and O–H groups in total. The van der Waals surface area contributed by atoms with Crippen LogP contribution in [0.4, 0.5) is 0 Å². The second kappa shape index (κ2) is 6.18. The van der Waals surface area contributed by atoms with E-state index in [0.717, 1.165) is 6.42 Å². The fourth-order valence-corrected chi connectivity index (χ4v) is 5.62. The van der Waals surface area contributed by atoms with Crippen molar-refractivity contribution in [3.05, 3.63) is 12.7 Å². The molecular formula is C13H29NOSSi. The highest BCUT2D eigenvalue weighted by Crippen LogP contribution is 2.37. The molecule has 0 fully saturated rings. The molecule has 0 aromatic heterocycles. The Balaban J connectivity index is 4.99. The van der Waals surface area contributed by atoms with Crippen LogP contribution in [-0.2, 0) is 10.6 Å². The Labute approximate surface area is 110 Å². The van der Waals surface area contributed by atoms with E-state index in [1.165, 1.54) is 0 Å². The largest absolute Gasteiger partial charge is 0.279 e. The van der Waals surface area contributed by atoms with Gasteiger partial charge in [0, 0.05) is 15.8 Å². The first-order valence-corrected chi connectivity index (χ1v) is 10.6. The van der Waals surface area contributed by atoms with Crippen LogP contribution in [0.1, 0.15) is 41.0 Å². The Morgan fingerprint density at radius 2 is 1.82 bits per heavy atom. The second-order valence-electron chi connectivity index (χ2n) is 6.45. The molecule has 3 atom stereocenters. The van der Waals surface area contributed by atoms with E-state index in [1.54, 1.807) is 0 Å². The van der Waals surface area contributed by atoms with E-state index in [4.69, 9.17) is 4.03 Å². The molecule has 0 aliphatic carbocycles. The topological polar surface area (TPSA) is 29.4 Å². The van der Waals surface area contributed by atoms with Crippen LogP contribution in [0.25, 0.3) is 0 Å². The molecule has 0 aromatic carbocycles. The van der Waals surface area contributed by atoms with Crippen LogP contribution in [0.15, 0.2) is 16.7 Å². The minimum Gasteiger partial charge on any atom is -0.279 e. The van der Waals surface area contributed by atoms with Crippen molar-refractivity contribution in [3.63, 3.8) is 0 Å². The molecule has 17 heavy (non-hydrogen) atoms. The van der Waals surface area contributed by atoms with E-state index in [2.05, 4.69) is 47.4 Å². The zero-order chi connectivity index (χ0) is 13.9. The van der Waals surface area contributed by atoms with Gasteiger partial charge in [0.1, 0.15) is 0 Å². The van der Waals surface area contributed by atoms with Gasteiger partial charge in [0.25, 0.3) is 0 Å². The van der Waals surface area contributed by atoms with Crippen LogP contribution < -0.4 is 0 Å². The fraction of sp³-hybridized carbons (Fsp3) is 0.846. The molecule has 0 rings (SSSR count). The summed E-state index contributed by atoms with van der Waals surface area (Å²) in [6.45, 7) is 18.9. The second-order valence-corrected chi connectivity index (χ2v) is 13.3. The van der Waals surface area contributed by atoms with E-state index in [9.17, 15) is 4.21 Å². The number of nitrogens with zero attached hydrogens (tertiary/aromatic N) is 1. The lowest BCUT2D eigenvalue weighted by Crippen LogP contribution is -2.36. The molecule has 0 radical (unpaired) electrons. The van der Waals surface area contributed by atoms with Gasteiger partial charge in [0.05, 0.1) is 0 Å². The summed E-state index contributed by atoms with van der Waals surface area (Å²) < 4.78 is 17.0. The molecule has 0 heterocycles. The van der Waals surface area contributed by atoms with E-state index >= 15 is 0 Å².